The van der Waals surface area contributed by atoms with Crippen LogP contribution >= 0.6 is 0 Å². The van der Waals surface area contributed by atoms with Crippen molar-refractivity contribution in [1.82, 2.24) is 0 Å². The molecule has 13 heteroatoms. The van der Waals surface area contributed by atoms with E-state index in [0.717, 1.165) is 38.5 Å². The molecular formula is C41H64O13. The number of hydrogen-bond acceptors (Lipinski definition) is 12. The van der Waals surface area contributed by atoms with Crippen LogP contribution in [-0.2, 0) is 28.5 Å². The molecule has 0 aromatic rings. The van der Waals surface area contributed by atoms with E-state index in [9.17, 15) is 45.3 Å². The van der Waals surface area contributed by atoms with Crippen LogP contribution in [-0.4, -0.2) is 121 Å². The Labute approximate surface area is 318 Å². The summed E-state index contributed by atoms with van der Waals surface area (Å²) in [6.45, 7) is 17.3. The van der Waals surface area contributed by atoms with Crippen LogP contribution in [0.2, 0.25) is 0 Å². The second-order valence-corrected chi connectivity index (χ2v) is 20.3. The van der Waals surface area contributed by atoms with Gasteiger partial charge in [0.25, 0.3) is 0 Å². The number of fused-ring (bicyclic) bond motifs is 7. The molecule has 0 radical (unpaired) electrons. The molecule has 0 aromatic heterocycles. The Morgan fingerprint density at radius 3 is 2.15 bits per heavy atom. The minimum Gasteiger partial charge on any atom is -0.479 e. The van der Waals surface area contributed by atoms with E-state index in [1.54, 1.807) is 0 Å². The van der Waals surface area contributed by atoms with Crippen molar-refractivity contribution in [3.63, 3.8) is 0 Å². The minimum absolute atomic E-state index is 0.0169. The fourth-order valence-electron chi connectivity index (χ4n) is 13.0. The number of carboxylic acids is 1. The van der Waals surface area contributed by atoms with Gasteiger partial charge in [0.15, 0.2) is 24.5 Å². The molecule has 0 amide bonds. The first-order valence-electron chi connectivity index (χ1n) is 20.1. The summed E-state index contributed by atoms with van der Waals surface area (Å²) in [6.07, 6.45) is -7.48. The molecule has 13 nitrogen and oxygen atoms in total. The van der Waals surface area contributed by atoms with E-state index in [1.165, 1.54) is 12.5 Å². The van der Waals surface area contributed by atoms with E-state index < -0.39 is 84.5 Å². The van der Waals surface area contributed by atoms with Gasteiger partial charge in [0.2, 0.25) is 0 Å². The van der Waals surface area contributed by atoms with Gasteiger partial charge in [0.05, 0.1) is 12.2 Å². The lowest BCUT2D eigenvalue weighted by atomic mass is 9.34. The van der Waals surface area contributed by atoms with Gasteiger partial charge in [0, 0.05) is 17.8 Å². The monoisotopic (exact) mass is 764 g/mol. The number of rotatable bonds is 5. The molecule has 0 unspecified atom stereocenters. The highest BCUT2D eigenvalue weighted by Gasteiger charge is 2.70. The third-order valence-corrected chi connectivity index (χ3v) is 16.5. The Morgan fingerprint density at radius 2 is 1.48 bits per heavy atom. The number of hydrogen-bond donors (Lipinski definition) is 7. The van der Waals surface area contributed by atoms with Crippen molar-refractivity contribution < 1.29 is 64.3 Å². The molecule has 6 fully saturated rings. The molecule has 5 aliphatic carbocycles. The summed E-state index contributed by atoms with van der Waals surface area (Å²) in [7, 11) is 0. The Morgan fingerprint density at radius 1 is 0.796 bits per heavy atom. The van der Waals surface area contributed by atoms with Crippen LogP contribution in [0.25, 0.3) is 0 Å². The third kappa shape index (κ3) is 5.84. The quantitative estimate of drug-likeness (QED) is 0.159. The Hall–Kier alpha value is -1.52. The fourth-order valence-corrected chi connectivity index (χ4v) is 13.0. The Balaban J connectivity index is 1.16. The normalized spacial score (nSPS) is 54.0. The zero-order chi connectivity index (χ0) is 39.7. The largest absolute Gasteiger partial charge is 0.479 e. The van der Waals surface area contributed by atoms with Crippen LogP contribution in [0.5, 0.6) is 0 Å². The smallest absolute Gasteiger partial charge is 0.335 e. The number of carboxylic acid groups (broad SMARTS) is 1. The first-order valence-corrected chi connectivity index (χ1v) is 20.1. The zero-order valence-corrected chi connectivity index (χ0v) is 33.1. The van der Waals surface area contributed by atoms with Gasteiger partial charge in [0.1, 0.15) is 42.2 Å². The second-order valence-electron chi connectivity index (χ2n) is 20.3. The zero-order valence-electron chi connectivity index (χ0n) is 33.1. The Kier molecular flexibility index (Phi) is 9.98. The lowest BCUT2D eigenvalue weighted by Crippen LogP contribution is -2.68. The van der Waals surface area contributed by atoms with Gasteiger partial charge in [-0.25, -0.2) is 4.79 Å². The van der Waals surface area contributed by atoms with Crippen LogP contribution in [0.1, 0.15) is 113 Å². The number of aliphatic hydroxyl groups excluding tert-OH is 5. The highest BCUT2D eigenvalue weighted by molar-refractivity contribution is 5.91. The second kappa shape index (κ2) is 13.3. The SMILES string of the molecule is C[C@@H]1O[C@@H](O[C@H]2[C@H](O[C@H]3CC[C@@]4(C)[C@H](CC[C@]5(C)[C@@H]4CC=C4[C@H]6CC(C)(C)CC[C@]6(O)C(=O)C[C@]45C)C3(C)C)O[C@H](C(=O)O)[C@@H](O)[C@@H]2O)[C@H](O)[C@H](O)[C@H]1O. The number of allylic oxidation sites excluding steroid dienone is 1. The van der Waals surface area contributed by atoms with E-state index >= 15 is 0 Å². The fraction of sp³-hybridized carbons (Fsp3) is 0.902. The van der Waals surface area contributed by atoms with Crippen molar-refractivity contribution in [3.05, 3.63) is 11.6 Å². The summed E-state index contributed by atoms with van der Waals surface area (Å²) in [6, 6.07) is 0. The van der Waals surface area contributed by atoms with Gasteiger partial charge in [-0.1, -0.05) is 60.1 Å². The van der Waals surface area contributed by atoms with E-state index in [0.29, 0.717) is 19.3 Å². The van der Waals surface area contributed by atoms with Crippen LogP contribution in [0.4, 0.5) is 0 Å². The van der Waals surface area contributed by atoms with Crippen molar-refractivity contribution >= 4 is 11.8 Å². The summed E-state index contributed by atoms with van der Waals surface area (Å²) in [5, 5.41) is 75.1. The van der Waals surface area contributed by atoms with E-state index in [4.69, 9.17) is 18.9 Å². The van der Waals surface area contributed by atoms with Gasteiger partial charge in [-0.15, -0.1) is 0 Å². The van der Waals surface area contributed by atoms with Gasteiger partial charge < -0.3 is 54.7 Å². The molecule has 0 spiro atoms. The van der Waals surface area contributed by atoms with Gasteiger partial charge in [-0.3, -0.25) is 4.79 Å². The minimum atomic E-state index is -1.90. The van der Waals surface area contributed by atoms with Crippen molar-refractivity contribution in [3.8, 4) is 0 Å². The standard InChI is InChI=1S/C41H64O13/c1-19-26(43)27(44)30(47)34(51-19)54-32-29(46)28(45)31(33(48)49)53-35(32)52-25-12-13-38(6)22(37(25,4)5)11-14-39(7)23(38)10-9-20-21-17-36(2,3)15-16-41(21,50)24(42)18-40(20,39)8/h9,19,21-23,25-32,34-35,43-47,50H,10-18H2,1-8H3,(H,48,49)/t19-,21+,22+,23+,25-,26-,27+,28-,29-,30+,31-,32+,34-,35+,38-,39+,40+,41+/m0/s1. The summed E-state index contributed by atoms with van der Waals surface area (Å²) in [5.74, 6) is -1.29. The van der Waals surface area contributed by atoms with Gasteiger partial charge >= 0.3 is 5.97 Å². The molecule has 4 saturated carbocycles. The number of ketones is 1. The lowest BCUT2D eigenvalue weighted by molar-refractivity contribution is -0.372. The summed E-state index contributed by atoms with van der Waals surface area (Å²) in [5.41, 5.74) is -1.21. The van der Waals surface area contributed by atoms with Crippen molar-refractivity contribution in [2.45, 2.75) is 186 Å². The van der Waals surface area contributed by atoms with E-state index in [1.807, 2.05) is 0 Å². The first-order chi connectivity index (χ1) is 24.9. The maximum absolute atomic E-state index is 14.0. The van der Waals surface area contributed by atoms with Crippen molar-refractivity contribution in [2.24, 2.45) is 44.8 Å². The lowest BCUT2D eigenvalue weighted by Gasteiger charge is -2.71. The average Bonchev–Trinajstić information content (AvgIpc) is 3.08. The number of aliphatic carboxylic acids is 1. The number of Topliss-reactive ketones (excluding diaryl/α,β-unsaturated/α-hetero) is 1. The molecule has 18 atom stereocenters. The maximum Gasteiger partial charge on any atom is 0.335 e. The molecule has 7 aliphatic rings. The topological polar surface area (TPSA) is 213 Å². The van der Waals surface area contributed by atoms with Gasteiger partial charge in [-0.2, -0.15) is 0 Å². The molecule has 2 aliphatic heterocycles. The Bertz CT molecular complexity index is 1530. The molecule has 2 heterocycles. The highest BCUT2D eigenvalue weighted by atomic mass is 16.8. The molecule has 306 valence electrons. The van der Waals surface area contributed by atoms with Crippen LogP contribution in [0.15, 0.2) is 11.6 Å². The molecule has 0 aromatic carbocycles. The molecule has 54 heavy (non-hydrogen) atoms. The predicted molar refractivity (Wildman–Crippen MR) is 192 cm³/mol. The van der Waals surface area contributed by atoms with Crippen molar-refractivity contribution in [2.75, 3.05) is 0 Å². The maximum atomic E-state index is 14.0. The van der Waals surface area contributed by atoms with E-state index in [2.05, 4.69) is 54.5 Å². The number of carbonyl (C=O) groups excluding carboxylic acids is 1. The average molecular weight is 765 g/mol. The highest BCUT2D eigenvalue weighted by Crippen LogP contribution is 2.74. The number of carbonyl (C=O) groups is 2. The number of aliphatic hydroxyl groups is 6. The molecule has 7 rings (SSSR count). The summed E-state index contributed by atoms with van der Waals surface area (Å²) < 4.78 is 24.1. The first kappa shape index (κ1) is 40.7. The van der Waals surface area contributed by atoms with Crippen LogP contribution in [0.3, 0.4) is 0 Å². The summed E-state index contributed by atoms with van der Waals surface area (Å²) in [4.78, 5) is 26.2. The van der Waals surface area contributed by atoms with Crippen molar-refractivity contribution in [1.29, 1.82) is 0 Å². The van der Waals surface area contributed by atoms with E-state index in [-0.39, 0.29) is 45.2 Å². The van der Waals surface area contributed by atoms with Crippen LogP contribution in [0, 0.1) is 44.8 Å². The molecule has 7 N–H and O–H groups in total. The molecular weight excluding hydrogens is 700 g/mol. The number of ether oxygens (including phenoxy) is 4. The van der Waals surface area contributed by atoms with Gasteiger partial charge in [-0.05, 0) is 91.8 Å². The molecule has 0 bridgehead atoms. The van der Waals surface area contributed by atoms with Crippen LogP contribution < -0.4 is 0 Å². The third-order valence-electron chi connectivity index (χ3n) is 16.5. The molecule has 2 saturated heterocycles. The predicted octanol–water partition coefficient (Wildman–Crippen LogP) is 2.84. The summed E-state index contributed by atoms with van der Waals surface area (Å²) >= 11 is 0.